The smallest absolute Gasteiger partial charge is 0.214 e. The third kappa shape index (κ3) is 3.33. The Morgan fingerprint density at radius 3 is 3.08 bits per heavy atom. The molecule has 0 aliphatic carbocycles. The van der Waals surface area contributed by atoms with Crippen molar-refractivity contribution < 1.29 is 4.39 Å². The van der Waals surface area contributed by atoms with Gasteiger partial charge in [-0.05, 0) is 12.1 Å². The van der Waals surface area contributed by atoms with E-state index in [2.05, 4.69) is 10.3 Å². The first-order valence-corrected chi connectivity index (χ1v) is 3.57. The van der Waals surface area contributed by atoms with Crippen LogP contribution in [0, 0.1) is 11.4 Å². The Morgan fingerprint density at radius 2 is 2.46 bits per heavy atom. The fraction of sp³-hybridized carbons (Fsp3) is 0. The predicted molar refractivity (Wildman–Crippen MR) is 48.9 cm³/mol. The Kier molecular flexibility index (Phi) is 2.97. The minimum atomic E-state index is -0.554. The summed E-state index contributed by atoms with van der Waals surface area (Å²) in [6.07, 6.45) is 4.16. The number of amidine groups is 1. The molecule has 13 heavy (non-hydrogen) atoms. The van der Waals surface area contributed by atoms with Crippen LogP contribution < -0.4 is 11.1 Å². The molecule has 5 heteroatoms. The van der Waals surface area contributed by atoms with Gasteiger partial charge in [0, 0.05) is 24.2 Å². The molecule has 1 aromatic heterocycles. The van der Waals surface area contributed by atoms with Crippen molar-refractivity contribution in [1.82, 2.24) is 4.98 Å². The van der Waals surface area contributed by atoms with E-state index in [0.29, 0.717) is 5.69 Å². The lowest BCUT2D eigenvalue weighted by molar-refractivity contribution is 0.584. The Labute approximate surface area is 74.8 Å². The standard InChI is InChI=1S/C8H9FN4/c9-7-5-6(1-3-13-7)12-4-2-8(10)11/h1-5H,(H3,10,11)(H,12,13)/b4-2-. The van der Waals surface area contributed by atoms with E-state index in [1.165, 1.54) is 24.5 Å². The number of anilines is 1. The number of pyridine rings is 1. The second-order valence-electron chi connectivity index (χ2n) is 2.30. The topological polar surface area (TPSA) is 74.8 Å². The van der Waals surface area contributed by atoms with Crippen molar-refractivity contribution >= 4 is 11.5 Å². The average molecular weight is 180 g/mol. The number of rotatable bonds is 3. The van der Waals surface area contributed by atoms with Gasteiger partial charge in [-0.25, -0.2) is 4.98 Å². The highest BCUT2D eigenvalue weighted by molar-refractivity contribution is 5.88. The highest BCUT2D eigenvalue weighted by Gasteiger charge is 1.91. The van der Waals surface area contributed by atoms with E-state index in [1.807, 2.05) is 0 Å². The lowest BCUT2D eigenvalue weighted by Gasteiger charge is -1.98. The van der Waals surface area contributed by atoms with Crippen LogP contribution in [0.3, 0.4) is 0 Å². The Bertz CT molecular complexity index is 335. The Morgan fingerprint density at radius 1 is 1.69 bits per heavy atom. The van der Waals surface area contributed by atoms with Gasteiger partial charge < -0.3 is 11.1 Å². The van der Waals surface area contributed by atoms with Crippen molar-refractivity contribution in [2.24, 2.45) is 5.73 Å². The van der Waals surface area contributed by atoms with Crippen LogP contribution in [0.1, 0.15) is 0 Å². The molecule has 0 radical (unpaired) electrons. The second kappa shape index (κ2) is 4.20. The summed E-state index contributed by atoms with van der Waals surface area (Å²) < 4.78 is 12.5. The number of nitrogens with zero attached hydrogens (tertiary/aromatic N) is 1. The summed E-state index contributed by atoms with van der Waals surface area (Å²) in [5.74, 6) is -0.622. The van der Waals surface area contributed by atoms with Crippen molar-refractivity contribution in [1.29, 1.82) is 5.41 Å². The van der Waals surface area contributed by atoms with Crippen molar-refractivity contribution in [3.63, 3.8) is 0 Å². The molecule has 0 spiro atoms. The molecule has 0 aliphatic heterocycles. The maximum absolute atomic E-state index is 12.5. The summed E-state index contributed by atoms with van der Waals surface area (Å²) in [5.41, 5.74) is 5.62. The molecule has 0 amide bonds. The first-order valence-electron chi connectivity index (χ1n) is 3.57. The van der Waals surface area contributed by atoms with Gasteiger partial charge in [-0.15, -0.1) is 0 Å². The maximum atomic E-state index is 12.5. The Hall–Kier alpha value is -1.91. The third-order valence-electron chi connectivity index (χ3n) is 1.24. The zero-order chi connectivity index (χ0) is 9.68. The fourth-order valence-electron chi connectivity index (χ4n) is 0.720. The quantitative estimate of drug-likeness (QED) is 0.370. The summed E-state index contributed by atoms with van der Waals surface area (Å²) in [4.78, 5) is 3.39. The summed E-state index contributed by atoms with van der Waals surface area (Å²) in [5, 5.41) is 9.60. The first kappa shape index (κ1) is 9.18. The monoisotopic (exact) mass is 180 g/mol. The average Bonchev–Trinajstić information content (AvgIpc) is 2.03. The van der Waals surface area contributed by atoms with E-state index in [-0.39, 0.29) is 5.84 Å². The molecular formula is C8H9FN4. The molecule has 68 valence electrons. The highest BCUT2D eigenvalue weighted by Crippen LogP contribution is 2.05. The second-order valence-corrected chi connectivity index (χ2v) is 2.30. The summed E-state index contributed by atoms with van der Waals surface area (Å²) in [6, 6.07) is 2.85. The molecule has 0 aromatic carbocycles. The molecule has 0 saturated carbocycles. The molecule has 0 atom stereocenters. The van der Waals surface area contributed by atoms with Gasteiger partial charge in [-0.1, -0.05) is 0 Å². The van der Waals surface area contributed by atoms with Gasteiger partial charge in [0.25, 0.3) is 0 Å². The van der Waals surface area contributed by atoms with Gasteiger partial charge in [0.2, 0.25) is 5.95 Å². The molecule has 1 rings (SSSR count). The summed E-state index contributed by atoms with van der Waals surface area (Å²) in [6.45, 7) is 0. The van der Waals surface area contributed by atoms with Gasteiger partial charge in [0.05, 0.1) is 0 Å². The van der Waals surface area contributed by atoms with Crippen LogP contribution in [0.15, 0.2) is 30.6 Å². The van der Waals surface area contributed by atoms with Crippen LogP contribution >= 0.6 is 0 Å². The normalized spacial score (nSPS) is 10.2. The Balaban J connectivity index is 2.59. The van der Waals surface area contributed by atoms with E-state index < -0.39 is 5.95 Å². The van der Waals surface area contributed by atoms with Crippen molar-refractivity contribution in [3.8, 4) is 0 Å². The van der Waals surface area contributed by atoms with E-state index in [4.69, 9.17) is 11.1 Å². The minimum absolute atomic E-state index is 0.0676. The molecule has 0 bridgehead atoms. The van der Waals surface area contributed by atoms with Gasteiger partial charge in [-0.3, -0.25) is 5.41 Å². The summed E-state index contributed by atoms with van der Waals surface area (Å²) >= 11 is 0. The van der Waals surface area contributed by atoms with Crippen LogP contribution in [0.25, 0.3) is 0 Å². The van der Waals surface area contributed by atoms with E-state index in [9.17, 15) is 4.39 Å². The number of nitrogens with one attached hydrogen (secondary N) is 2. The number of halogens is 1. The fourth-order valence-corrected chi connectivity index (χ4v) is 0.720. The SMILES string of the molecule is N=C(N)/C=C\Nc1ccnc(F)c1. The third-order valence-corrected chi connectivity index (χ3v) is 1.24. The number of hydrogen-bond donors (Lipinski definition) is 3. The molecule has 4 nitrogen and oxygen atoms in total. The van der Waals surface area contributed by atoms with Crippen molar-refractivity contribution in [2.45, 2.75) is 0 Å². The number of nitrogens with two attached hydrogens (primary N) is 1. The van der Waals surface area contributed by atoms with Crippen molar-refractivity contribution in [2.75, 3.05) is 5.32 Å². The molecule has 0 fully saturated rings. The van der Waals surface area contributed by atoms with E-state index >= 15 is 0 Å². The molecule has 1 heterocycles. The molecular weight excluding hydrogens is 171 g/mol. The molecule has 4 N–H and O–H groups in total. The van der Waals surface area contributed by atoms with Gasteiger partial charge in [0.1, 0.15) is 5.84 Å². The largest absolute Gasteiger partial charge is 0.384 e. The van der Waals surface area contributed by atoms with Gasteiger partial charge >= 0.3 is 0 Å². The number of hydrogen-bond acceptors (Lipinski definition) is 3. The highest BCUT2D eigenvalue weighted by atomic mass is 19.1. The molecule has 1 aromatic rings. The number of aromatic nitrogens is 1. The van der Waals surface area contributed by atoms with Gasteiger partial charge in [0.15, 0.2) is 0 Å². The van der Waals surface area contributed by atoms with Crippen LogP contribution in [0.4, 0.5) is 10.1 Å². The predicted octanol–water partition coefficient (Wildman–Crippen LogP) is 1.08. The molecule has 0 saturated heterocycles. The van der Waals surface area contributed by atoms with Crippen molar-refractivity contribution in [3.05, 3.63) is 36.6 Å². The maximum Gasteiger partial charge on any atom is 0.214 e. The molecule has 0 unspecified atom stereocenters. The zero-order valence-corrected chi connectivity index (χ0v) is 6.79. The lowest BCUT2D eigenvalue weighted by Crippen LogP contribution is -2.05. The van der Waals surface area contributed by atoms with Crippen LogP contribution in [-0.4, -0.2) is 10.8 Å². The van der Waals surface area contributed by atoms with Crippen LogP contribution in [0.5, 0.6) is 0 Å². The zero-order valence-electron chi connectivity index (χ0n) is 6.79. The van der Waals surface area contributed by atoms with E-state index in [0.717, 1.165) is 0 Å². The minimum Gasteiger partial charge on any atom is -0.384 e. The van der Waals surface area contributed by atoms with Crippen LogP contribution in [0.2, 0.25) is 0 Å². The first-order chi connectivity index (χ1) is 6.18. The van der Waals surface area contributed by atoms with Gasteiger partial charge in [-0.2, -0.15) is 4.39 Å². The lowest BCUT2D eigenvalue weighted by atomic mass is 10.4. The summed E-state index contributed by atoms with van der Waals surface area (Å²) in [7, 11) is 0. The van der Waals surface area contributed by atoms with Crippen LogP contribution in [-0.2, 0) is 0 Å². The molecule has 0 aliphatic rings. The van der Waals surface area contributed by atoms with E-state index in [1.54, 1.807) is 6.07 Å².